The van der Waals surface area contributed by atoms with Gasteiger partial charge in [0.2, 0.25) is 5.95 Å². The van der Waals surface area contributed by atoms with Crippen molar-refractivity contribution in [2.24, 2.45) is 5.73 Å². The van der Waals surface area contributed by atoms with Crippen LogP contribution in [0.3, 0.4) is 0 Å². The minimum absolute atomic E-state index is 0. The number of aromatic nitrogens is 3. The molecule has 0 bridgehead atoms. The number of anilines is 2. The Morgan fingerprint density at radius 3 is 2.77 bits per heavy atom. The Kier molecular flexibility index (Phi) is 9.24. The van der Waals surface area contributed by atoms with Crippen LogP contribution in [-0.2, 0) is 4.74 Å². The van der Waals surface area contributed by atoms with E-state index in [1.54, 1.807) is 13.2 Å². The highest BCUT2D eigenvalue weighted by Crippen LogP contribution is 2.29. The molecule has 2 heterocycles. The van der Waals surface area contributed by atoms with Crippen molar-refractivity contribution in [1.82, 2.24) is 15.2 Å². The van der Waals surface area contributed by atoms with Crippen molar-refractivity contribution in [3.05, 3.63) is 29.0 Å². The Hall–Kier alpha value is -1.45. The van der Waals surface area contributed by atoms with Gasteiger partial charge in [0.1, 0.15) is 11.6 Å². The molecule has 1 fully saturated rings. The minimum Gasteiger partial charge on any atom is -0.495 e. The van der Waals surface area contributed by atoms with E-state index in [0.29, 0.717) is 42.3 Å². The number of rotatable bonds is 6. The number of methoxy groups -OCH3 is 1. The quantitative estimate of drug-likeness (QED) is 0.652. The van der Waals surface area contributed by atoms with E-state index in [1.165, 1.54) is 0 Å². The summed E-state index contributed by atoms with van der Waals surface area (Å²) in [6.45, 7) is 3.31. The fraction of sp³-hybridized carbons (Fsp3) is 0.467. The molecule has 3 rings (SSSR count). The van der Waals surface area contributed by atoms with Crippen molar-refractivity contribution in [2.45, 2.75) is 6.04 Å². The van der Waals surface area contributed by atoms with Crippen LogP contribution >= 0.6 is 36.4 Å². The van der Waals surface area contributed by atoms with Crippen molar-refractivity contribution in [2.75, 3.05) is 50.2 Å². The van der Waals surface area contributed by atoms with E-state index in [-0.39, 0.29) is 30.9 Å². The minimum atomic E-state index is -0.196. The first kappa shape index (κ1) is 22.6. The third-order valence-corrected chi connectivity index (χ3v) is 4.15. The Balaban J connectivity index is 0.00000169. The van der Waals surface area contributed by atoms with Gasteiger partial charge < -0.3 is 25.4 Å². The average Bonchev–Trinajstić information content (AvgIpc) is 3.11. The van der Waals surface area contributed by atoms with Gasteiger partial charge in [-0.15, -0.1) is 29.9 Å². The molecule has 1 unspecified atom stereocenters. The number of nitrogens with zero attached hydrogens (tertiary/aromatic N) is 3. The Morgan fingerprint density at radius 2 is 2.12 bits per heavy atom. The summed E-state index contributed by atoms with van der Waals surface area (Å²) >= 11 is 6.05. The van der Waals surface area contributed by atoms with Gasteiger partial charge in [0.05, 0.1) is 31.4 Å². The second-order valence-electron chi connectivity index (χ2n) is 5.40. The first-order chi connectivity index (χ1) is 11.7. The molecule has 1 aliphatic heterocycles. The second-order valence-corrected chi connectivity index (χ2v) is 5.81. The van der Waals surface area contributed by atoms with Crippen molar-refractivity contribution in [3.8, 4) is 5.75 Å². The van der Waals surface area contributed by atoms with E-state index in [2.05, 4.69) is 25.4 Å². The molecule has 2 aromatic rings. The first-order valence-corrected chi connectivity index (χ1v) is 8.14. The molecule has 0 spiro atoms. The van der Waals surface area contributed by atoms with E-state index in [9.17, 15) is 0 Å². The number of nitrogens with one attached hydrogen (secondary N) is 2. The van der Waals surface area contributed by atoms with Gasteiger partial charge in [-0.25, -0.2) is 0 Å². The summed E-state index contributed by atoms with van der Waals surface area (Å²) in [4.78, 5) is 6.65. The highest BCUT2D eigenvalue weighted by Gasteiger charge is 2.19. The topological polar surface area (TPSA) is 101 Å². The molecule has 1 aromatic carbocycles. The summed E-state index contributed by atoms with van der Waals surface area (Å²) < 4.78 is 10.6. The fourth-order valence-electron chi connectivity index (χ4n) is 2.52. The van der Waals surface area contributed by atoms with E-state index < -0.39 is 0 Å². The van der Waals surface area contributed by atoms with Crippen LogP contribution in [0, 0.1) is 0 Å². The summed E-state index contributed by atoms with van der Waals surface area (Å²) in [5.74, 6) is 1.96. The lowest BCUT2D eigenvalue weighted by molar-refractivity contribution is 0.122. The maximum atomic E-state index is 6.05. The van der Waals surface area contributed by atoms with Gasteiger partial charge in [0, 0.05) is 31.4 Å². The van der Waals surface area contributed by atoms with E-state index in [1.807, 2.05) is 12.1 Å². The van der Waals surface area contributed by atoms with Crippen molar-refractivity contribution in [1.29, 1.82) is 0 Å². The Morgan fingerprint density at radius 1 is 1.38 bits per heavy atom. The van der Waals surface area contributed by atoms with Gasteiger partial charge >= 0.3 is 0 Å². The summed E-state index contributed by atoms with van der Waals surface area (Å²) in [7, 11) is 1.58. The smallest absolute Gasteiger partial charge is 0.244 e. The largest absolute Gasteiger partial charge is 0.495 e. The molecule has 1 saturated heterocycles. The number of halogens is 3. The highest BCUT2D eigenvalue weighted by atomic mass is 35.5. The number of aromatic amines is 1. The van der Waals surface area contributed by atoms with Gasteiger partial charge in [-0.3, -0.25) is 5.10 Å². The molecule has 146 valence electrons. The molecule has 0 saturated carbocycles. The van der Waals surface area contributed by atoms with Crippen molar-refractivity contribution < 1.29 is 9.47 Å². The zero-order chi connectivity index (χ0) is 16.9. The van der Waals surface area contributed by atoms with Gasteiger partial charge in [-0.05, 0) is 12.1 Å². The number of hydrogen-bond donors (Lipinski definition) is 3. The molecule has 4 N–H and O–H groups in total. The van der Waals surface area contributed by atoms with E-state index in [4.69, 9.17) is 26.8 Å². The number of nitrogens with two attached hydrogens (primary N) is 1. The van der Waals surface area contributed by atoms with Crippen LogP contribution in [0.5, 0.6) is 5.75 Å². The van der Waals surface area contributed by atoms with E-state index >= 15 is 0 Å². The number of morpholine rings is 1. The van der Waals surface area contributed by atoms with Crippen molar-refractivity contribution in [3.63, 3.8) is 0 Å². The normalized spacial score (nSPS) is 14.8. The van der Waals surface area contributed by atoms with Crippen LogP contribution in [0.4, 0.5) is 11.6 Å². The van der Waals surface area contributed by atoms with Crippen LogP contribution in [0.2, 0.25) is 5.02 Å². The Bertz CT molecular complexity index is 681. The third kappa shape index (κ3) is 5.28. The van der Waals surface area contributed by atoms with Crippen LogP contribution in [0.25, 0.3) is 0 Å². The van der Waals surface area contributed by atoms with Crippen LogP contribution in [-0.4, -0.2) is 55.1 Å². The molecule has 11 heteroatoms. The molecule has 1 aromatic heterocycles. The summed E-state index contributed by atoms with van der Waals surface area (Å²) in [5, 5.41) is 11.1. The maximum absolute atomic E-state index is 6.05. The lowest BCUT2D eigenvalue weighted by Crippen LogP contribution is -2.37. The molecule has 0 aliphatic carbocycles. The van der Waals surface area contributed by atoms with Gasteiger partial charge in [-0.2, -0.15) is 4.98 Å². The van der Waals surface area contributed by atoms with Crippen LogP contribution in [0.1, 0.15) is 11.9 Å². The molecular weight excluding hydrogens is 403 g/mol. The van der Waals surface area contributed by atoms with Crippen LogP contribution < -0.4 is 20.7 Å². The number of H-pyrrole nitrogens is 1. The monoisotopic (exact) mass is 424 g/mol. The summed E-state index contributed by atoms with van der Waals surface area (Å²) in [6, 6.07) is 5.27. The molecular formula is C15H23Cl3N6O2. The molecule has 0 radical (unpaired) electrons. The fourth-order valence-corrected chi connectivity index (χ4v) is 2.71. The number of ether oxygens (including phenoxy) is 2. The SMILES string of the molecule is COc1cc(NC(CN)c2nc(N3CCOCC3)n[nH]2)ccc1Cl.Cl.Cl. The predicted octanol–water partition coefficient (Wildman–Crippen LogP) is 2.26. The molecule has 8 nitrogen and oxygen atoms in total. The first-order valence-electron chi connectivity index (χ1n) is 7.76. The standard InChI is InChI=1S/C15H21ClN6O2.2ClH/c1-23-13-8-10(2-3-11(13)16)18-12(9-17)14-19-15(21-20-14)22-4-6-24-7-5-22;;/h2-3,8,12,18H,4-7,9,17H2,1H3,(H,19,20,21);2*1H. The predicted molar refractivity (Wildman–Crippen MR) is 107 cm³/mol. The van der Waals surface area contributed by atoms with Crippen molar-refractivity contribution >= 4 is 48.1 Å². The maximum Gasteiger partial charge on any atom is 0.244 e. The molecule has 1 aliphatic rings. The van der Waals surface area contributed by atoms with Crippen LogP contribution in [0.15, 0.2) is 18.2 Å². The molecule has 26 heavy (non-hydrogen) atoms. The van der Waals surface area contributed by atoms with Gasteiger partial charge in [0.25, 0.3) is 0 Å². The number of benzene rings is 1. The zero-order valence-corrected chi connectivity index (χ0v) is 16.7. The van der Waals surface area contributed by atoms with Gasteiger partial charge in [0.15, 0.2) is 0 Å². The zero-order valence-electron chi connectivity index (χ0n) is 14.3. The lowest BCUT2D eigenvalue weighted by atomic mass is 10.2. The third-order valence-electron chi connectivity index (χ3n) is 3.84. The van der Waals surface area contributed by atoms with E-state index in [0.717, 1.165) is 18.8 Å². The summed E-state index contributed by atoms with van der Waals surface area (Å²) in [6.07, 6.45) is 0. The summed E-state index contributed by atoms with van der Waals surface area (Å²) in [5.41, 5.74) is 6.74. The van der Waals surface area contributed by atoms with Gasteiger partial charge in [-0.1, -0.05) is 11.6 Å². The number of hydrogen-bond acceptors (Lipinski definition) is 7. The highest BCUT2D eigenvalue weighted by molar-refractivity contribution is 6.32. The molecule has 1 atom stereocenters. The lowest BCUT2D eigenvalue weighted by Gasteiger charge is -2.25. The molecule has 0 amide bonds. The second kappa shape index (κ2) is 10.6. The Labute approximate surface area is 169 Å². The average molecular weight is 426 g/mol.